The number of aliphatic hydroxyl groups excluding tert-OH is 1. The summed E-state index contributed by atoms with van der Waals surface area (Å²) in [5.41, 5.74) is 0. The number of hydrogen-bond donors (Lipinski definition) is 4. The first kappa shape index (κ1) is 57.4. The summed E-state index contributed by atoms with van der Waals surface area (Å²) in [4.78, 5) is 46.0. The van der Waals surface area contributed by atoms with Gasteiger partial charge < -0.3 is 25.2 Å². The normalized spacial score (nSPS) is 14.1. The second-order valence-corrected chi connectivity index (χ2v) is 17.4. The number of nitrogens with one attached hydrogen (secondary N) is 1. The number of carboxylic acids is 1. The summed E-state index contributed by atoms with van der Waals surface area (Å²) in [6.45, 7) is 2.54. The van der Waals surface area contributed by atoms with Crippen molar-refractivity contribution in [1.82, 2.24) is 5.32 Å². The summed E-state index contributed by atoms with van der Waals surface area (Å²) < 4.78 is 26.9. The summed E-state index contributed by atoms with van der Waals surface area (Å²) in [5.74, 6) is -2.39. The number of unbranched alkanes of at least 4 members (excludes halogenated alkanes) is 22. The molecule has 0 rings (SSSR count). The van der Waals surface area contributed by atoms with Crippen LogP contribution in [0, 0.1) is 0 Å². The molecule has 0 aromatic rings. The Morgan fingerprint density at radius 3 is 1.35 bits per heavy atom. The molecule has 0 saturated carbocycles. The maximum absolute atomic E-state index is 12.3. The topological polar surface area (TPSA) is 169 Å². The molecule has 0 aliphatic rings. The van der Waals surface area contributed by atoms with E-state index in [2.05, 4.69) is 67.8 Å². The zero-order valence-corrected chi connectivity index (χ0v) is 38.6. The lowest BCUT2D eigenvalue weighted by molar-refractivity contribution is -0.147. The van der Waals surface area contributed by atoms with Gasteiger partial charge in [-0.2, -0.15) is 0 Å². The second kappa shape index (κ2) is 43.1. The van der Waals surface area contributed by atoms with Crippen LogP contribution in [0.15, 0.2) is 48.6 Å². The molecule has 60 heavy (non-hydrogen) atoms. The van der Waals surface area contributed by atoms with Crippen molar-refractivity contribution in [3.05, 3.63) is 48.6 Å². The highest BCUT2D eigenvalue weighted by Gasteiger charge is 2.28. The minimum absolute atomic E-state index is 0.141. The Morgan fingerprint density at radius 1 is 0.533 bits per heavy atom. The van der Waals surface area contributed by atoms with Gasteiger partial charge in [-0.1, -0.05) is 165 Å². The minimum atomic E-state index is -4.76. The molecule has 0 spiro atoms. The van der Waals surface area contributed by atoms with Gasteiger partial charge in [0.05, 0.1) is 13.2 Å². The maximum atomic E-state index is 12.3. The number of allylic oxidation sites excluding steroid dienone is 8. The van der Waals surface area contributed by atoms with Crippen LogP contribution in [0.2, 0.25) is 0 Å². The minimum Gasteiger partial charge on any atom is -0.480 e. The van der Waals surface area contributed by atoms with Crippen LogP contribution in [0.5, 0.6) is 0 Å². The molecule has 0 bridgehead atoms. The number of hydrogen-bond acceptors (Lipinski definition) is 8. The van der Waals surface area contributed by atoms with E-state index in [4.69, 9.17) is 13.8 Å². The highest BCUT2D eigenvalue weighted by molar-refractivity contribution is 7.47. The Labute approximate surface area is 364 Å². The van der Waals surface area contributed by atoms with Crippen LogP contribution in [0.25, 0.3) is 0 Å². The molecule has 0 saturated heterocycles. The number of ether oxygens (including phenoxy) is 1. The zero-order valence-electron chi connectivity index (χ0n) is 37.8. The van der Waals surface area contributed by atoms with Gasteiger partial charge in [-0.3, -0.25) is 18.6 Å². The summed E-state index contributed by atoms with van der Waals surface area (Å²) in [7, 11) is -4.76. The SMILES string of the molecule is CCCCC/C=C\C/C=C\CCCCCCCCCCCCCC(=O)NC(COP(=O)(O)OCC(O)COC(=O)CCCCCCC/C=C\C/C=C\CCCCC)C(=O)O. The number of aliphatic carboxylic acids is 1. The largest absolute Gasteiger partial charge is 0.480 e. The number of phosphoric ester groups is 1. The number of rotatable bonds is 44. The number of aliphatic hydroxyl groups is 1. The van der Waals surface area contributed by atoms with Crippen molar-refractivity contribution in [3.8, 4) is 0 Å². The molecular weight excluding hydrogens is 781 g/mol. The fourth-order valence-corrected chi connectivity index (χ4v) is 7.15. The molecule has 0 aliphatic heterocycles. The monoisotopic (exact) mass is 868 g/mol. The van der Waals surface area contributed by atoms with Gasteiger partial charge in [0.2, 0.25) is 5.91 Å². The van der Waals surface area contributed by atoms with Crippen molar-refractivity contribution in [2.45, 2.75) is 219 Å². The van der Waals surface area contributed by atoms with Gasteiger partial charge >= 0.3 is 19.8 Å². The maximum Gasteiger partial charge on any atom is 0.472 e. The van der Waals surface area contributed by atoms with Crippen LogP contribution in [-0.2, 0) is 32.7 Å². The van der Waals surface area contributed by atoms with Crippen LogP contribution in [-0.4, -0.2) is 64.9 Å². The number of amides is 1. The first-order chi connectivity index (χ1) is 29.1. The smallest absolute Gasteiger partial charge is 0.472 e. The number of phosphoric acid groups is 1. The zero-order chi connectivity index (χ0) is 44.2. The van der Waals surface area contributed by atoms with E-state index in [0.717, 1.165) is 77.0 Å². The molecule has 0 heterocycles. The summed E-state index contributed by atoms with van der Waals surface area (Å²) in [6.07, 6.45) is 48.4. The quantitative estimate of drug-likeness (QED) is 0.0200. The molecule has 0 aliphatic carbocycles. The first-order valence-electron chi connectivity index (χ1n) is 23.7. The van der Waals surface area contributed by atoms with Gasteiger partial charge in [0, 0.05) is 12.8 Å². The molecule has 0 radical (unpaired) electrons. The van der Waals surface area contributed by atoms with Gasteiger partial charge in [-0.25, -0.2) is 9.36 Å². The van der Waals surface area contributed by atoms with Crippen molar-refractivity contribution in [2.24, 2.45) is 0 Å². The van der Waals surface area contributed by atoms with Gasteiger partial charge in [0.1, 0.15) is 12.7 Å². The average Bonchev–Trinajstić information content (AvgIpc) is 3.22. The standard InChI is InChI=1S/C48H86NO10P/c1-3-5-7-9-11-13-15-17-19-20-21-22-23-24-26-27-29-31-33-35-37-39-46(51)49-45(48(53)54)43-59-60(55,56)58-42-44(50)41-57-47(52)40-38-36-34-32-30-28-25-18-16-14-12-10-8-6-4-2/h11-14,17-19,25,44-45,50H,3-10,15-16,20-24,26-43H2,1-2H3,(H,49,51)(H,53,54)(H,55,56)/b13-11-,14-12-,19-17-,25-18-. The molecule has 11 nitrogen and oxygen atoms in total. The predicted octanol–water partition coefficient (Wildman–Crippen LogP) is 12.6. The molecule has 0 aromatic carbocycles. The summed E-state index contributed by atoms with van der Waals surface area (Å²) >= 11 is 0. The third kappa shape index (κ3) is 42.1. The highest BCUT2D eigenvalue weighted by atomic mass is 31.2. The predicted molar refractivity (Wildman–Crippen MR) is 245 cm³/mol. The Kier molecular flexibility index (Phi) is 41.3. The van der Waals surface area contributed by atoms with E-state index in [1.807, 2.05) is 0 Å². The fourth-order valence-electron chi connectivity index (χ4n) is 6.38. The molecule has 0 fully saturated rings. The second-order valence-electron chi connectivity index (χ2n) is 15.9. The lowest BCUT2D eigenvalue weighted by Gasteiger charge is -2.18. The number of carbonyl (C=O) groups is 3. The lowest BCUT2D eigenvalue weighted by atomic mass is 10.0. The van der Waals surface area contributed by atoms with Gasteiger partial charge in [-0.05, 0) is 77.0 Å². The van der Waals surface area contributed by atoms with E-state index in [1.165, 1.54) is 89.9 Å². The van der Waals surface area contributed by atoms with Crippen LogP contribution in [0.3, 0.4) is 0 Å². The van der Waals surface area contributed by atoms with Crippen LogP contribution in [0.4, 0.5) is 0 Å². The first-order valence-corrected chi connectivity index (χ1v) is 25.2. The Balaban J connectivity index is 3.88. The molecule has 4 N–H and O–H groups in total. The lowest BCUT2D eigenvalue weighted by Crippen LogP contribution is -2.43. The van der Waals surface area contributed by atoms with Crippen molar-refractivity contribution >= 4 is 25.7 Å². The Bertz CT molecular complexity index is 1200. The highest BCUT2D eigenvalue weighted by Crippen LogP contribution is 2.43. The molecular formula is C48H86NO10P. The summed E-state index contributed by atoms with van der Waals surface area (Å²) in [6, 6.07) is -1.55. The third-order valence-electron chi connectivity index (χ3n) is 10.1. The van der Waals surface area contributed by atoms with Crippen molar-refractivity contribution < 1.29 is 47.8 Å². The van der Waals surface area contributed by atoms with Crippen LogP contribution >= 0.6 is 7.82 Å². The molecule has 12 heteroatoms. The average molecular weight is 868 g/mol. The van der Waals surface area contributed by atoms with Crippen molar-refractivity contribution in [2.75, 3.05) is 19.8 Å². The van der Waals surface area contributed by atoms with E-state index in [-0.39, 0.29) is 12.8 Å². The van der Waals surface area contributed by atoms with E-state index >= 15 is 0 Å². The van der Waals surface area contributed by atoms with Gasteiger partial charge in [-0.15, -0.1) is 0 Å². The molecule has 3 atom stereocenters. The van der Waals surface area contributed by atoms with Crippen LogP contribution < -0.4 is 5.32 Å². The van der Waals surface area contributed by atoms with E-state index in [0.29, 0.717) is 12.8 Å². The van der Waals surface area contributed by atoms with E-state index in [9.17, 15) is 34.1 Å². The Morgan fingerprint density at radius 2 is 0.917 bits per heavy atom. The van der Waals surface area contributed by atoms with Crippen molar-refractivity contribution in [1.29, 1.82) is 0 Å². The molecule has 0 aromatic heterocycles. The number of esters is 1. The van der Waals surface area contributed by atoms with Gasteiger partial charge in [0.15, 0.2) is 6.04 Å². The van der Waals surface area contributed by atoms with Crippen molar-refractivity contribution in [3.63, 3.8) is 0 Å². The number of carbonyl (C=O) groups excluding carboxylic acids is 2. The summed E-state index contributed by atoms with van der Waals surface area (Å²) in [5, 5.41) is 21.9. The molecule has 3 unspecified atom stereocenters. The Hall–Kier alpha value is -2.56. The third-order valence-corrected chi connectivity index (χ3v) is 11.0. The van der Waals surface area contributed by atoms with Gasteiger partial charge in [0.25, 0.3) is 0 Å². The fraction of sp³-hybridized carbons (Fsp3) is 0.771. The number of carboxylic acid groups (broad SMARTS) is 1. The van der Waals surface area contributed by atoms with E-state index < -0.39 is 57.6 Å². The van der Waals surface area contributed by atoms with E-state index in [1.54, 1.807) is 0 Å². The van der Waals surface area contributed by atoms with Crippen LogP contribution in [0.1, 0.15) is 206 Å². The molecule has 1 amide bonds. The molecule has 348 valence electrons.